The molecule has 1 amide bonds. The van der Waals surface area contributed by atoms with Gasteiger partial charge in [-0.2, -0.15) is 0 Å². The van der Waals surface area contributed by atoms with Gasteiger partial charge in [0.1, 0.15) is 0 Å². The summed E-state index contributed by atoms with van der Waals surface area (Å²) in [5.74, 6) is -1.34. The molecule has 1 atom stereocenters. The number of carbonyl (C=O) groups is 2. The van der Waals surface area contributed by atoms with Crippen LogP contribution in [0.25, 0.3) is 0 Å². The summed E-state index contributed by atoms with van der Waals surface area (Å²) in [4.78, 5) is 22.4. The number of ether oxygens (including phenoxy) is 1. The number of amides is 1. The molecule has 16 heavy (non-hydrogen) atoms. The number of benzene rings is 1. The maximum Gasteiger partial charge on any atom is 0.341 e. The number of anilines is 1. The Hall–Kier alpha value is -2.04. The molecule has 0 spiro atoms. The highest BCUT2D eigenvalue weighted by Gasteiger charge is 2.18. The van der Waals surface area contributed by atoms with Gasteiger partial charge in [-0.1, -0.05) is 12.1 Å². The summed E-state index contributed by atoms with van der Waals surface area (Å²) < 4.78 is 4.84. The summed E-state index contributed by atoms with van der Waals surface area (Å²) in [6, 6.07) is 5.01. The normalized spacial score (nSPS) is 11.9. The number of nitrogens with two attached hydrogens (primary N) is 2. The Balaban J connectivity index is 2.89. The zero-order valence-electron chi connectivity index (χ0n) is 9.19. The van der Waals surface area contributed by atoms with Gasteiger partial charge in [0.05, 0.1) is 5.56 Å². The monoisotopic (exact) mass is 222 g/mol. The minimum atomic E-state index is -0.965. The molecule has 0 aliphatic rings. The number of aryl methyl sites for hydroxylation is 1. The molecule has 4 N–H and O–H groups in total. The fourth-order valence-electron chi connectivity index (χ4n) is 1.14. The maximum absolute atomic E-state index is 11.6. The SMILES string of the molecule is Cc1cccc(C(=O)O[C@@H](C)C(N)=O)c1N. The average molecular weight is 222 g/mol. The molecule has 5 nitrogen and oxygen atoms in total. The zero-order chi connectivity index (χ0) is 12.3. The number of rotatable bonds is 3. The van der Waals surface area contributed by atoms with Crippen molar-refractivity contribution < 1.29 is 14.3 Å². The van der Waals surface area contributed by atoms with E-state index in [0.29, 0.717) is 5.69 Å². The highest BCUT2D eigenvalue weighted by Crippen LogP contribution is 2.17. The Kier molecular flexibility index (Phi) is 3.50. The van der Waals surface area contributed by atoms with Crippen LogP contribution in [0, 0.1) is 6.92 Å². The highest BCUT2D eigenvalue weighted by atomic mass is 16.5. The van der Waals surface area contributed by atoms with Gasteiger partial charge in [0.2, 0.25) is 0 Å². The molecule has 0 aliphatic carbocycles. The summed E-state index contributed by atoms with van der Waals surface area (Å²) in [5, 5.41) is 0. The number of hydrogen-bond donors (Lipinski definition) is 2. The first-order valence-corrected chi connectivity index (χ1v) is 4.79. The van der Waals surface area contributed by atoms with Crippen molar-refractivity contribution in [2.75, 3.05) is 5.73 Å². The molecule has 0 radical (unpaired) electrons. The van der Waals surface area contributed by atoms with Gasteiger partial charge in [0.15, 0.2) is 6.10 Å². The Bertz CT molecular complexity index is 429. The first-order valence-electron chi connectivity index (χ1n) is 4.79. The van der Waals surface area contributed by atoms with E-state index < -0.39 is 18.0 Å². The number of hydrogen-bond acceptors (Lipinski definition) is 4. The molecule has 1 aromatic carbocycles. The summed E-state index contributed by atoms with van der Waals surface area (Å²) >= 11 is 0. The number of esters is 1. The molecule has 0 aromatic heterocycles. The first kappa shape index (κ1) is 12.0. The van der Waals surface area contributed by atoms with Crippen LogP contribution in [0.5, 0.6) is 0 Å². The lowest BCUT2D eigenvalue weighted by Crippen LogP contribution is -2.30. The second-order valence-electron chi connectivity index (χ2n) is 3.49. The van der Waals surface area contributed by atoms with E-state index in [2.05, 4.69) is 0 Å². The van der Waals surface area contributed by atoms with E-state index in [1.165, 1.54) is 6.92 Å². The fraction of sp³-hybridized carbons (Fsp3) is 0.273. The standard InChI is InChI=1S/C11H14N2O3/c1-6-4-3-5-8(9(6)12)11(15)16-7(2)10(13)14/h3-5,7H,12H2,1-2H3,(H2,13,14)/t7-/m0/s1. The number of carbonyl (C=O) groups excluding carboxylic acids is 2. The van der Waals surface area contributed by atoms with Crippen molar-refractivity contribution in [2.45, 2.75) is 20.0 Å². The van der Waals surface area contributed by atoms with Gasteiger partial charge < -0.3 is 16.2 Å². The van der Waals surface area contributed by atoms with E-state index in [0.717, 1.165) is 5.56 Å². The molecule has 0 bridgehead atoms. The van der Waals surface area contributed by atoms with Crippen LogP contribution in [0.2, 0.25) is 0 Å². The van der Waals surface area contributed by atoms with Crippen LogP contribution in [-0.2, 0) is 9.53 Å². The lowest BCUT2D eigenvalue weighted by molar-refractivity contribution is -0.125. The van der Waals surface area contributed by atoms with E-state index >= 15 is 0 Å². The van der Waals surface area contributed by atoms with Crippen LogP contribution in [0.15, 0.2) is 18.2 Å². The van der Waals surface area contributed by atoms with Crippen molar-refractivity contribution in [1.29, 1.82) is 0 Å². The summed E-state index contributed by atoms with van der Waals surface area (Å²) in [7, 11) is 0. The Morgan fingerprint density at radius 1 is 1.38 bits per heavy atom. The molecule has 0 saturated heterocycles. The Morgan fingerprint density at radius 3 is 2.56 bits per heavy atom. The molecule has 0 saturated carbocycles. The molecule has 86 valence electrons. The van der Waals surface area contributed by atoms with Crippen LogP contribution < -0.4 is 11.5 Å². The Labute approximate surface area is 93.4 Å². The lowest BCUT2D eigenvalue weighted by atomic mass is 10.1. The number of primary amides is 1. The molecule has 0 aliphatic heterocycles. The molecular weight excluding hydrogens is 208 g/mol. The fourth-order valence-corrected chi connectivity index (χ4v) is 1.14. The van der Waals surface area contributed by atoms with Gasteiger partial charge >= 0.3 is 5.97 Å². The third kappa shape index (κ3) is 2.50. The van der Waals surface area contributed by atoms with Crippen LogP contribution in [0.1, 0.15) is 22.8 Å². The van der Waals surface area contributed by atoms with Crippen LogP contribution in [-0.4, -0.2) is 18.0 Å². The minimum Gasteiger partial charge on any atom is -0.449 e. The minimum absolute atomic E-state index is 0.244. The van der Waals surface area contributed by atoms with E-state index in [1.807, 2.05) is 0 Å². The largest absolute Gasteiger partial charge is 0.449 e. The lowest BCUT2D eigenvalue weighted by Gasteiger charge is -2.11. The van der Waals surface area contributed by atoms with Gasteiger partial charge in [0.25, 0.3) is 5.91 Å². The maximum atomic E-state index is 11.6. The van der Waals surface area contributed by atoms with E-state index in [9.17, 15) is 9.59 Å². The predicted molar refractivity (Wildman–Crippen MR) is 59.7 cm³/mol. The van der Waals surface area contributed by atoms with Crippen LogP contribution in [0.3, 0.4) is 0 Å². The van der Waals surface area contributed by atoms with Crippen molar-refractivity contribution in [2.24, 2.45) is 5.73 Å². The van der Waals surface area contributed by atoms with Crippen molar-refractivity contribution in [3.8, 4) is 0 Å². The van der Waals surface area contributed by atoms with Gasteiger partial charge in [-0.25, -0.2) is 4.79 Å². The molecule has 5 heteroatoms. The van der Waals surface area contributed by atoms with Crippen molar-refractivity contribution in [1.82, 2.24) is 0 Å². The van der Waals surface area contributed by atoms with E-state index in [4.69, 9.17) is 16.2 Å². The first-order chi connectivity index (χ1) is 7.43. The summed E-state index contributed by atoms with van der Waals surface area (Å²) in [6.45, 7) is 3.19. The molecular formula is C11H14N2O3. The zero-order valence-corrected chi connectivity index (χ0v) is 9.19. The third-order valence-electron chi connectivity index (χ3n) is 2.23. The summed E-state index contributed by atoms with van der Waals surface area (Å²) in [5.41, 5.74) is 12.1. The van der Waals surface area contributed by atoms with Crippen molar-refractivity contribution in [3.63, 3.8) is 0 Å². The van der Waals surface area contributed by atoms with Crippen LogP contribution in [0.4, 0.5) is 5.69 Å². The van der Waals surface area contributed by atoms with Gasteiger partial charge in [-0.05, 0) is 25.5 Å². The van der Waals surface area contributed by atoms with Gasteiger partial charge in [-0.3, -0.25) is 4.79 Å². The predicted octanol–water partition coefficient (Wildman–Crippen LogP) is 0.608. The molecule has 0 heterocycles. The number of nitrogen functional groups attached to an aromatic ring is 1. The molecule has 0 fully saturated rings. The third-order valence-corrected chi connectivity index (χ3v) is 2.23. The number of para-hydroxylation sites is 1. The van der Waals surface area contributed by atoms with Gasteiger partial charge in [-0.15, -0.1) is 0 Å². The van der Waals surface area contributed by atoms with Gasteiger partial charge in [0, 0.05) is 5.69 Å². The second kappa shape index (κ2) is 4.65. The quantitative estimate of drug-likeness (QED) is 0.578. The smallest absolute Gasteiger partial charge is 0.341 e. The summed E-state index contributed by atoms with van der Waals surface area (Å²) in [6.07, 6.45) is -0.965. The Morgan fingerprint density at radius 2 is 2.00 bits per heavy atom. The van der Waals surface area contributed by atoms with E-state index in [-0.39, 0.29) is 5.56 Å². The molecule has 1 aromatic rings. The molecule has 1 rings (SSSR count). The van der Waals surface area contributed by atoms with Crippen molar-refractivity contribution in [3.05, 3.63) is 29.3 Å². The average Bonchev–Trinajstić information content (AvgIpc) is 2.21. The topological polar surface area (TPSA) is 95.4 Å². The molecule has 0 unspecified atom stereocenters. The van der Waals surface area contributed by atoms with Crippen molar-refractivity contribution >= 4 is 17.6 Å². The van der Waals surface area contributed by atoms with Crippen LogP contribution >= 0.6 is 0 Å². The highest BCUT2D eigenvalue weighted by molar-refractivity contribution is 5.97. The van der Waals surface area contributed by atoms with E-state index in [1.54, 1.807) is 25.1 Å². The second-order valence-corrected chi connectivity index (χ2v) is 3.49.